The van der Waals surface area contributed by atoms with Gasteiger partial charge in [0, 0.05) is 11.6 Å². The Bertz CT molecular complexity index is 903. The maximum absolute atomic E-state index is 13.1. The molecule has 6 nitrogen and oxygen atoms in total. The predicted octanol–water partition coefficient (Wildman–Crippen LogP) is 2.56. The Morgan fingerprint density at radius 2 is 1.85 bits per heavy atom. The van der Waals surface area contributed by atoms with Crippen molar-refractivity contribution < 1.29 is 18.8 Å². The molecule has 4 amide bonds. The number of nitrogens with zero attached hydrogens (tertiary/aromatic N) is 1. The van der Waals surface area contributed by atoms with E-state index in [-0.39, 0.29) is 6.54 Å². The van der Waals surface area contributed by atoms with Crippen molar-refractivity contribution in [1.29, 1.82) is 0 Å². The van der Waals surface area contributed by atoms with Crippen LogP contribution in [0, 0.1) is 5.82 Å². The van der Waals surface area contributed by atoms with Gasteiger partial charge in [0.2, 0.25) is 5.91 Å². The first kappa shape index (κ1) is 18.8. The predicted molar refractivity (Wildman–Crippen MR) is 97.3 cm³/mol. The van der Waals surface area contributed by atoms with Crippen molar-refractivity contribution in [1.82, 2.24) is 15.5 Å². The minimum absolute atomic E-state index is 0.178. The number of benzene rings is 2. The Hall–Kier alpha value is -2.93. The molecule has 8 heteroatoms. The quantitative estimate of drug-likeness (QED) is 0.771. The van der Waals surface area contributed by atoms with E-state index in [1.807, 2.05) is 0 Å². The Morgan fingerprint density at radius 1 is 1.19 bits per heavy atom. The van der Waals surface area contributed by atoms with Gasteiger partial charge >= 0.3 is 6.03 Å². The highest BCUT2D eigenvalue weighted by atomic mass is 35.5. The molecule has 0 spiro atoms. The highest BCUT2D eigenvalue weighted by Crippen LogP contribution is 2.28. The lowest BCUT2D eigenvalue weighted by molar-refractivity contribution is -0.134. The summed E-state index contributed by atoms with van der Waals surface area (Å²) in [7, 11) is 0. The highest BCUT2D eigenvalue weighted by molar-refractivity contribution is 6.31. The molecule has 1 unspecified atom stereocenters. The average Bonchev–Trinajstić information content (AvgIpc) is 2.85. The number of urea groups is 1. The van der Waals surface area contributed by atoms with Gasteiger partial charge in [0.1, 0.15) is 17.9 Å². The molecule has 1 heterocycles. The molecule has 0 radical (unpaired) electrons. The molecule has 0 saturated carbocycles. The van der Waals surface area contributed by atoms with Crippen molar-refractivity contribution in [3.05, 3.63) is 70.5 Å². The van der Waals surface area contributed by atoms with Crippen LogP contribution in [0.2, 0.25) is 5.02 Å². The summed E-state index contributed by atoms with van der Waals surface area (Å²) >= 11 is 6.03. The van der Waals surface area contributed by atoms with Gasteiger partial charge in [-0.25, -0.2) is 9.18 Å². The molecule has 2 N–H and O–H groups in total. The summed E-state index contributed by atoms with van der Waals surface area (Å²) in [5.41, 5.74) is -0.199. The first-order valence-corrected chi connectivity index (χ1v) is 8.59. The second-order valence-electron chi connectivity index (χ2n) is 6.32. The summed E-state index contributed by atoms with van der Waals surface area (Å²) in [6.45, 7) is 1.27. The van der Waals surface area contributed by atoms with E-state index in [0.717, 1.165) is 10.5 Å². The number of carbonyl (C=O) groups is 3. The van der Waals surface area contributed by atoms with E-state index in [1.54, 1.807) is 24.3 Å². The normalized spacial score (nSPS) is 19.1. The van der Waals surface area contributed by atoms with Gasteiger partial charge in [0.15, 0.2) is 0 Å². The van der Waals surface area contributed by atoms with Crippen molar-refractivity contribution in [2.45, 2.75) is 19.0 Å². The van der Waals surface area contributed by atoms with E-state index in [1.165, 1.54) is 31.2 Å². The number of rotatable bonds is 5. The summed E-state index contributed by atoms with van der Waals surface area (Å²) < 4.78 is 13.1. The van der Waals surface area contributed by atoms with Crippen molar-refractivity contribution in [2.75, 3.05) is 6.54 Å². The number of imide groups is 1. The fourth-order valence-electron chi connectivity index (χ4n) is 2.85. The van der Waals surface area contributed by atoms with Gasteiger partial charge in [-0.3, -0.25) is 14.5 Å². The van der Waals surface area contributed by atoms with Gasteiger partial charge in [-0.05, 0) is 36.2 Å². The fourth-order valence-corrected chi connectivity index (χ4v) is 3.06. The molecule has 27 heavy (non-hydrogen) atoms. The van der Waals surface area contributed by atoms with E-state index >= 15 is 0 Å². The third-order valence-electron chi connectivity index (χ3n) is 4.43. The highest BCUT2D eigenvalue weighted by Gasteiger charge is 2.49. The molecule has 1 aliphatic rings. The minimum Gasteiger partial charge on any atom is -0.350 e. The van der Waals surface area contributed by atoms with Gasteiger partial charge in [0.25, 0.3) is 5.91 Å². The summed E-state index contributed by atoms with van der Waals surface area (Å²) in [6, 6.07) is 11.6. The van der Waals surface area contributed by atoms with Crippen LogP contribution in [0.4, 0.5) is 9.18 Å². The molecule has 0 aliphatic carbocycles. The van der Waals surface area contributed by atoms with Crippen molar-refractivity contribution in [2.24, 2.45) is 0 Å². The van der Waals surface area contributed by atoms with Crippen LogP contribution in [0.15, 0.2) is 48.5 Å². The van der Waals surface area contributed by atoms with Crippen LogP contribution < -0.4 is 10.6 Å². The number of amides is 4. The number of nitrogens with one attached hydrogen (secondary N) is 2. The molecule has 3 rings (SSSR count). The standard InChI is InChI=1S/C19H17ClFN3O3/c1-19(13-6-8-14(21)9-7-13)17(26)24(18(27)23-19)11-16(25)22-10-12-4-2-3-5-15(12)20/h2-9H,10-11H2,1H3,(H,22,25)(H,23,27). The zero-order valence-electron chi connectivity index (χ0n) is 14.5. The molecule has 2 aromatic rings. The number of hydrogen-bond donors (Lipinski definition) is 2. The van der Waals surface area contributed by atoms with Gasteiger partial charge in [-0.2, -0.15) is 0 Å². The SMILES string of the molecule is CC1(c2ccc(F)cc2)NC(=O)N(CC(=O)NCc2ccccc2Cl)C1=O. The van der Waals surface area contributed by atoms with E-state index in [4.69, 9.17) is 11.6 Å². The van der Waals surface area contributed by atoms with Gasteiger partial charge < -0.3 is 10.6 Å². The van der Waals surface area contributed by atoms with E-state index in [2.05, 4.69) is 10.6 Å². The first-order chi connectivity index (χ1) is 12.8. The van der Waals surface area contributed by atoms with Crippen LogP contribution in [0.5, 0.6) is 0 Å². The minimum atomic E-state index is -1.35. The lowest BCUT2D eigenvalue weighted by Crippen LogP contribution is -2.43. The second kappa shape index (κ2) is 7.36. The molecule has 1 saturated heterocycles. The Labute approximate surface area is 160 Å². The Kier molecular flexibility index (Phi) is 5.14. The van der Waals surface area contributed by atoms with Gasteiger partial charge in [-0.1, -0.05) is 41.9 Å². The lowest BCUT2D eigenvalue weighted by atomic mass is 9.92. The molecule has 0 bridgehead atoms. The largest absolute Gasteiger partial charge is 0.350 e. The topological polar surface area (TPSA) is 78.5 Å². The maximum atomic E-state index is 13.1. The molecule has 2 aromatic carbocycles. The average molecular weight is 390 g/mol. The van der Waals surface area contributed by atoms with Crippen molar-refractivity contribution in [3.8, 4) is 0 Å². The van der Waals surface area contributed by atoms with E-state index < -0.39 is 35.7 Å². The first-order valence-electron chi connectivity index (χ1n) is 8.21. The summed E-state index contributed by atoms with van der Waals surface area (Å²) in [5, 5.41) is 5.71. The van der Waals surface area contributed by atoms with Crippen molar-refractivity contribution in [3.63, 3.8) is 0 Å². The molecule has 1 atom stereocenters. The summed E-state index contributed by atoms with van der Waals surface area (Å²) in [4.78, 5) is 38.0. The zero-order chi connectivity index (χ0) is 19.6. The van der Waals surface area contributed by atoms with E-state index in [9.17, 15) is 18.8 Å². The summed E-state index contributed by atoms with van der Waals surface area (Å²) in [5.74, 6) is -1.52. The smallest absolute Gasteiger partial charge is 0.325 e. The van der Waals surface area contributed by atoms with Gasteiger partial charge in [0.05, 0.1) is 0 Å². The maximum Gasteiger partial charge on any atom is 0.325 e. The molecular formula is C19H17ClFN3O3. The molecular weight excluding hydrogens is 373 g/mol. The van der Waals surface area contributed by atoms with Crippen LogP contribution in [0.25, 0.3) is 0 Å². The van der Waals surface area contributed by atoms with Crippen LogP contribution in [-0.2, 0) is 21.7 Å². The molecule has 1 aliphatic heterocycles. The number of halogens is 2. The molecule has 0 aromatic heterocycles. The third-order valence-corrected chi connectivity index (χ3v) is 4.80. The monoisotopic (exact) mass is 389 g/mol. The van der Waals surface area contributed by atoms with Crippen molar-refractivity contribution >= 4 is 29.4 Å². The summed E-state index contributed by atoms with van der Waals surface area (Å²) in [6.07, 6.45) is 0. The third kappa shape index (κ3) is 3.78. The second-order valence-corrected chi connectivity index (χ2v) is 6.73. The van der Waals surface area contributed by atoms with Crippen LogP contribution >= 0.6 is 11.6 Å². The number of carbonyl (C=O) groups excluding carboxylic acids is 3. The molecule has 1 fully saturated rings. The zero-order valence-corrected chi connectivity index (χ0v) is 15.2. The van der Waals surface area contributed by atoms with Gasteiger partial charge in [-0.15, -0.1) is 0 Å². The van der Waals surface area contributed by atoms with Crippen LogP contribution in [-0.4, -0.2) is 29.3 Å². The lowest BCUT2D eigenvalue weighted by Gasteiger charge is -2.22. The van der Waals surface area contributed by atoms with Crippen LogP contribution in [0.1, 0.15) is 18.1 Å². The Balaban J connectivity index is 1.67. The number of hydrogen-bond acceptors (Lipinski definition) is 3. The molecule has 140 valence electrons. The van der Waals surface area contributed by atoms with E-state index in [0.29, 0.717) is 10.6 Å². The van der Waals surface area contributed by atoms with Crippen LogP contribution in [0.3, 0.4) is 0 Å². The fraction of sp³-hybridized carbons (Fsp3) is 0.211. The Morgan fingerprint density at radius 3 is 2.52 bits per heavy atom.